The Hall–Kier alpha value is -2.42. The summed E-state index contributed by atoms with van der Waals surface area (Å²) in [7, 11) is 0. The molecule has 0 aromatic heterocycles. The van der Waals surface area contributed by atoms with Crippen LogP contribution in [-0.4, -0.2) is 11.9 Å². The lowest BCUT2D eigenvalue weighted by Gasteiger charge is -1.92. The first kappa shape index (κ1) is 14.6. The third-order valence-electron chi connectivity index (χ3n) is 2.23. The van der Waals surface area contributed by atoms with Crippen LogP contribution in [0.3, 0.4) is 0 Å². The Bertz CT molecular complexity index is 507. The molecule has 3 heteroatoms. The van der Waals surface area contributed by atoms with Crippen LogP contribution in [0.4, 0.5) is 0 Å². The van der Waals surface area contributed by atoms with Gasteiger partial charge in [0.15, 0.2) is 0 Å². The molecule has 0 fully saturated rings. The molecule has 2 aromatic rings. The van der Waals surface area contributed by atoms with Gasteiger partial charge in [0.05, 0.1) is 6.42 Å². The maximum Gasteiger partial charge on any atom is 0.317 e. The molecule has 98 valence electrons. The van der Waals surface area contributed by atoms with Gasteiger partial charge in [0.25, 0.3) is 0 Å². The van der Waals surface area contributed by atoms with Crippen LogP contribution < -0.4 is 0 Å². The highest BCUT2D eigenvalue weighted by Crippen LogP contribution is 2.11. The molecular weight excluding hydrogens is 240 g/mol. The largest absolute Gasteiger partial charge is 0.393 e. The minimum Gasteiger partial charge on any atom is -0.393 e. The number of rotatable bonds is 2. The van der Waals surface area contributed by atoms with E-state index in [0.717, 1.165) is 0 Å². The molecule has 0 atom stereocenters. The first-order valence-corrected chi connectivity index (χ1v) is 5.89. The fourth-order valence-electron chi connectivity index (χ4n) is 1.45. The lowest BCUT2D eigenvalue weighted by Crippen LogP contribution is -2.06. The van der Waals surface area contributed by atoms with Crippen molar-refractivity contribution in [3.05, 3.63) is 61.2 Å². The van der Waals surface area contributed by atoms with Crippen LogP contribution in [0.1, 0.15) is 13.3 Å². The van der Waals surface area contributed by atoms with Crippen molar-refractivity contribution in [1.82, 2.24) is 0 Å². The summed E-state index contributed by atoms with van der Waals surface area (Å²) in [4.78, 5) is 20.4. The Morgan fingerprint density at radius 2 is 1.47 bits per heavy atom. The Balaban J connectivity index is 0.000000192. The number of esters is 2. The van der Waals surface area contributed by atoms with E-state index in [4.69, 9.17) is 0 Å². The molecule has 0 spiro atoms. The quantitative estimate of drug-likeness (QED) is 0.469. The molecule has 0 aliphatic carbocycles. The van der Waals surface area contributed by atoms with Crippen LogP contribution in [0.25, 0.3) is 10.8 Å². The number of carbonyl (C=O) groups is 2. The molecule has 2 rings (SSSR count). The first-order chi connectivity index (χ1) is 9.13. The molecule has 3 nitrogen and oxygen atoms in total. The number of hydrogen-bond acceptors (Lipinski definition) is 3. The number of ether oxygens (including phenoxy) is 1. The zero-order valence-electron chi connectivity index (χ0n) is 10.8. The third kappa shape index (κ3) is 5.64. The van der Waals surface area contributed by atoms with Crippen LogP contribution in [0.15, 0.2) is 61.2 Å². The molecular formula is C16H16O3. The smallest absolute Gasteiger partial charge is 0.317 e. The molecule has 0 radical (unpaired) electrons. The normalized spacial score (nSPS) is 9.11. The molecule has 0 aliphatic heterocycles. The maximum absolute atomic E-state index is 10.3. The van der Waals surface area contributed by atoms with Crippen LogP contribution in [0.2, 0.25) is 0 Å². The Kier molecular flexibility index (Phi) is 6.03. The van der Waals surface area contributed by atoms with Crippen molar-refractivity contribution in [1.29, 1.82) is 0 Å². The van der Waals surface area contributed by atoms with Crippen molar-refractivity contribution >= 4 is 22.7 Å². The average molecular weight is 256 g/mol. The van der Waals surface area contributed by atoms with Gasteiger partial charge in [0.2, 0.25) is 0 Å². The molecule has 0 bridgehead atoms. The predicted molar refractivity (Wildman–Crippen MR) is 75.5 cm³/mol. The van der Waals surface area contributed by atoms with Gasteiger partial charge >= 0.3 is 11.9 Å². The van der Waals surface area contributed by atoms with E-state index in [-0.39, 0.29) is 6.42 Å². The lowest BCUT2D eigenvalue weighted by atomic mass is 10.1. The van der Waals surface area contributed by atoms with Crippen LogP contribution in [0.5, 0.6) is 0 Å². The van der Waals surface area contributed by atoms with Crippen molar-refractivity contribution in [3.8, 4) is 0 Å². The van der Waals surface area contributed by atoms with Gasteiger partial charge in [-0.2, -0.15) is 0 Å². The summed E-state index contributed by atoms with van der Waals surface area (Å²) in [5.41, 5.74) is 0. The minimum atomic E-state index is -0.582. The van der Waals surface area contributed by atoms with Gasteiger partial charge in [-0.05, 0) is 10.8 Å². The molecule has 0 aliphatic rings. The SMILES string of the molecule is C=CCC(=O)OC(C)=O.c1ccc2ccccc2c1. The minimum absolute atomic E-state index is 0.0829. The highest BCUT2D eigenvalue weighted by molar-refractivity contribution is 5.84. The summed E-state index contributed by atoms with van der Waals surface area (Å²) in [6, 6.07) is 16.7. The van der Waals surface area contributed by atoms with Crippen LogP contribution >= 0.6 is 0 Å². The van der Waals surface area contributed by atoms with E-state index >= 15 is 0 Å². The van der Waals surface area contributed by atoms with Gasteiger partial charge in [-0.1, -0.05) is 54.6 Å². The molecule has 0 unspecified atom stereocenters. The summed E-state index contributed by atoms with van der Waals surface area (Å²) in [5, 5.41) is 2.62. The second-order valence-electron chi connectivity index (χ2n) is 3.81. The number of hydrogen-bond donors (Lipinski definition) is 0. The molecule has 0 saturated carbocycles. The highest BCUT2D eigenvalue weighted by Gasteiger charge is 2.00. The van der Waals surface area contributed by atoms with E-state index in [0.29, 0.717) is 0 Å². The van der Waals surface area contributed by atoms with Gasteiger partial charge in [-0.3, -0.25) is 9.59 Å². The molecule has 0 heterocycles. The van der Waals surface area contributed by atoms with Crippen molar-refractivity contribution in [2.24, 2.45) is 0 Å². The molecule has 0 N–H and O–H groups in total. The molecule has 19 heavy (non-hydrogen) atoms. The third-order valence-corrected chi connectivity index (χ3v) is 2.23. The zero-order chi connectivity index (χ0) is 14.1. The maximum atomic E-state index is 10.3. The number of benzene rings is 2. The van der Waals surface area contributed by atoms with Crippen molar-refractivity contribution < 1.29 is 14.3 Å². The van der Waals surface area contributed by atoms with E-state index < -0.39 is 11.9 Å². The van der Waals surface area contributed by atoms with Gasteiger partial charge in [0, 0.05) is 6.92 Å². The van der Waals surface area contributed by atoms with E-state index in [1.165, 1.54) is 23.8 Å². The van der Waals surface area contributed by atoms with E-state index in [9.17, 15) is 9.59 Å². The van der Waals surface area contributed by atoms with Gasteiger partial charge in [0.1, 0.15) is 0 Å². The summed E-state index contributed by atoms with van der Waals surface area (Å²) < 4.78 is 4.14. The highest BCUT2D eigenvalue weighted by atomic mass is 16.6. The fraction of sp³-hybridized carbons (Fsp3) is 0.125. The molecule has 0 saturated heterocycles. The summed E-state index contributed by atoms with van der Waals surface area (Å²) in [6.07, 6.45) is 1.46. The van der Waals surface area contributed by atoms with Gasteiger partial charge in [-0.15, -0.1) is 6.58 Å². The van der Waals surface area contributed by atoms with Crippen molar-refractivity contribution in [2.75, 3.05) is 0 Å². The molecule has 2 aromatic carbocycles. The number of fused-ring (bicyclic) bond motifs is 1. The lowest BCUT2D eigenvalue weighted by molar-refractivity contribution is -0.157. The fourth-order valence-corrected chi connectivity index (χ4v) is 1.45. The number of carbonyl (C=O) groups excluding carboxylic acids is 2. The Labute approximate surface area is 112 Å². The van der Waals surface area contributed by atoms with E-state index in [1.807, 2.05) is 0 Å². The van der Waals surface area contributed by atoms with E-state index in [1.54, 1.807) is 0 Å². The average Bonchev–Trinajstić information content (AvgIpc) is 2.39. The van der Waals surface area contributed by atoms with Gasteiger partial charge in [-0.25, -0.2) is 0 Å². The first-order valence-electron chi connectivity index (χ1n) is 5.89. The van der Waals surface area contributed by atoms with Crippen molar-refractivity contribution in [3.63, 3.8) is 0 Å². The standard InChI is InChI=1S/C10H8.C6H8O3/c1-2-6-10-8-4-3-7-9(10)5-1;1-3-4-6(8)9-5(2)7/h1-8H;3H,1,4H2,2H3. The summed E-state index contributed by atoms with van der Waals surface area (Å²) in [6.45, 7) is 4.48. The van der Waals surface area contributed by atoms with Crippen molar-refractivity contribution in [2.45, 2.75) is 13.3 Å². The zero-order valence-corrected chi connectivity index (χ0v) is 10.8. The topological polar surface area (TPSA) is 43.4 Å². The van der Waals surface area contributed by atoms with Crippen LogP contribution in [-0.2, 0) is 14.3 Å². The van der Waals surface area contributed by atoms with Gasteiger partial charge < -0.3 is 4.74 Å². The van der Waals surface area contributed by atoms with E-state index in [2.05, 4.69) is 59.8 Å². The second kappa shape index (κ2) is 7.82. The Morgan fingerprint density at radius 3 is 1.79 bits per heavy atom. The summed E-state index contributed by atoms with van der Waals surface area (Å²) >= 11 is 0. The monoisotopic (exact) mass is 256 g/mol. The van der Waals surface area contributed by atoms with Crippen LogP contribution in [0, 0.1) is 0 Å². The summed E-state index contributed by atoms with van der Waals surface area (Å²) in [5.74, 6) is -1.14. The Morgan fingerprint density at radius 1 is 1.05 bits per heavy atom. The second-order valence-corrected chi connectivity index (χ2v) is 3.81. The predicted octanol–water partition coefficient (Wildman–Crippen LogP) is 3.49. The molecule has 0 amide bonds.